The number of anilines is 1. The molecule has 2 N–H and O–H groups in total. The van der Waals surface area contributed by atoms with E-state index in [1.165, 1.54) is 0 Å². The molecule has 0 fully saturated rings. The molecule has 0 spiro atoms. The molecule has 0 radical (unpaired) electrons. The number of nitro groups is 1. The van der Waals surface area contributed by atoms with Crippen LogP contribution in [0.3, 0.4) is 0 Å². The zero-order chi connectivity index (χ0) is 14.5. The van der Waals surface area contributed by atoms with Crippen molar-refractivity contribution in [2.45, 2.75) is 12.8 Å². The number of aromatic amines is 1. The largest absolute Gasteiger partial charge is 0.379 e. The number of aromatic nitrogens is 2. The topological polar surface area (TPSA) is 83.8 Å². The molecule has 2 aromatic rings. The van der Waals surface area contributed by atoms with Gasteiger partial charge in [0.1, 0.15) is 17.3 Å². The third-order valence-corrected chi connectivity index (χ3v) is 2.99. The molecule has 106 valence electrons. The van der Waals surface area contributed by atoms with Gasteiger partial charge in [-0.1, -0.05) is 11.6 Å². The highest BCUT2D eigenvalue weighted by Gasteiger charge is 2.17. The second-order valence-electron chi connectivity index (χ2n) is 4.11. The molecule has 0 atom stereocenters. The van der Waals surface area contributed by atoms with Gasteiger partial charge in [0.2, 0.25) is 0 Å². The monoisotopic (exact) mass is 298 g/mol. The maximum absolute atomic E-state index is 13.3. The fraction of sp³-hybridized carbons (Fsp3) is 0.250. The molecule has 20 heavy (non-hydrogen) atoms. The molecule has 0 bridgehead atoms. The van der Waals surface area contributed by atoms with E-state index >= 15 is 0 Å². The Balaban J connectivity index is 1.98. The van der Waals surface area contributed by atoms with Crippen LogP contribution in [0.15, 0.2) is 24.5 Å². The highest BCUT2D eigenvalue weighted by Crippen LogP contribution is 2.30. The van der Waals surface area contributed by atoms with Gasteiger partial charge in [0.25, 0.3) is 5.69 Å². The van der Waals surface area contributed by atoms with Gasteiger partial charge in [0.05, 0.1) is 9.95 Å². The minimum atomic E-state index is -0.689. The van der Waals surface area contributed by atoms with Gasteiger partial charge in [0, 0.05) is 37.5 Å². The zero-order valence-corrected chi connectivity index (χ0v) is 11.2. The van der Waals surface area contributed by atoms with E-state index in [2.05, 4.69) is 15.3 Å². The summed E-state index contributed by atoms with van der Waals surface area (Å²) >= 11 is 5.54. The summed E-state index contributed by atoms with van der Waals surface area (Å²) in [7, 11) is 0. The van der Waals surface area contributed by atoms with Crippen molar-refractivity contribution < 1.29 is 9.31 Å². The highest BCUT2D eigenvalue weighted by atomic mass is 35.5. The molecule has 0 aliphatic heterocycles. The van der Waals surface area contributed by atoms with Crippen molar-refractivity contribution in [1.29, 1.82) is 0 Å². The number of halogens is 2. The standard InChI is InChI=1S/C12H12ClFN4O2/c13-8-6-11(18(19)20)10(7-9(8)14)15-3-1-2-12-16-4-5-17-12/h4-7,15H,1-3H2,(H,16,17). The molecular weight excluding hydrogens is 287 g/mol. The summed E-state index contributed by atoms with van der Waals surface area (Å²) in [6.07, 6.45) is 4.78. The summed E-state index contributed by atoms with van der Waals surface area (Å²) in [5.74, 6) is 0.148. The summed E-state index contributed by atoms with van der Waals surface area (Å²) < 4.78 is 13.3. The lowest BCUT2D eigenvalue weighted by Crippen LogP contribution is -2.06. The van der Waals surface area contributed by atoms with Gasteiger partial charge in [0.15, 0.2) is 0 Å². The molecule has 0 unspecified atom stereocenters. The van der Waals surface area contributed by atoms with Crippen molar-refractivity contribution in [1.82, 2.24) is 9.97 Å². The first-order valence-electron chi connectivity index (χ1n) is 5.93. The third-order valence-electron chi connectivity index (χ3n) is 2.70. The number of nitrogens with one attached hydrogen (secondary N) is 2. The number of hydrogen-bond acceptors (Lipinski definition) is 4. The first kappa shape index (κ1) is 14.3. The van der Waals surface area contributed by atoms with E-state index in [0.717, 1.165) is 18.0 Å². The SMILES string of the molecule is O=[N+]([O-])c1cc(Cl)c(F)cc1NCCCc1ncc[nH]1. The van der Waals surface area contributed by atoms with E-state index in [1.807, 2.05) is 0 Å². The van der Waals surface area contributed by atoms with Crippen LogP contribution in [0.4, 0.5) is 15.8 Å². The molecular formula is C12H12ClFN4O2. The lowest BCUT2D eigenvalue weighted by atomic mass is 10.2. The Morgan fingerprint density at radius 1 is 1.50 bits per heavy atom. The highest BCUT2D eigenvalue weighted by molar-refractivity contribution is 6.31. The molecule has 6 nitrogen and oxygen atoms in total. The van der Waals surface area contributed by atoms with E-state index in [-0.39, 0.29) is 16.4 Å². The van der Waals surface area contributed by atoms with Crippen LogP contribution in [-0.4, -0.2) is 21.4 Å². The Bertz CT molecular complexity index is 604. The van der Waals surface area contributed by atoms with Crippen LogP contribution in [0, 0.1) is 15.9 Å². The Kier molecular flexibility index (Phi) is 4.52. The van der Waals surface area contributed by atoms with Crippen LogP contribution >= 0.6 is 11.6 Å². The number of benzene rings is 1. The number of hydrogen-bond donors (Lipinski definition) is 2. The second-order valence-corrected chi connectivity index (χ2v) is 4.51. The number of nitro benzene ring substituents is 1. The lowest BCUT2D eigenvalue weighted by Gasteiger charge is -2.07. The van der Waals surface area contributed by atoms with Gasteiger partial charge in [-0.15, -0.1) is 0 Å². The van der Waals surface area contributed by atoms with Crippen molar-refractivity contribution in [2.75, 3.05) is 11.9 Å². The quantitative estimate of drug-likeness (QED) is 0.487. The van der Waals surface area contributed by atoms with Gasteiger partial charge in [-0.05, 0) is 6.42 Å². The molecule has 0 amide bonds. The predicted octanol–water partition coefficient (Wildman–Crippen LogP) is 3.16. The summed E-state index contributed by atoms with van der Waals surface area (Å²) in [4.78, 5) is 17.3. The first-order chi connectivity index (χ1) is 9.58. The van der Waals surface area contributed by atoms with Crippen molar-refractivity contribution in [2.24, 2.45) is 0 Å². The number of aryl methyl sites for hydroxylation is 1. The molecule has 0 aliphatic carbocycles. The second kappa shape index (κ2) is 6.33. The summed E-state index contributed by atoms with van der Waals surface area (Å²) in [5, 5.41) is 13.5. The van der Waals surface area contributed by atoms with Crippen LogP contribution in [0.2, 0.25) is 5.02 Å². The Labute approximate surface area is 119 Å². The van der Waals surface area contributed by atoms with E-state index in [4.69, 9.17) is 11.6 Å². The molecule has 0 saturated heterocycles. The van der Waals surface area contributed by atoms with E-state index in [1.54, 1.807) is 12.4 Å². The van der Waals surface area contributed by atoms with Crippen LogP contribution in [0.5, 0.6) is 0 Å². The van der Waals surface area contributed by atoms with Gasteiger partial charge < -0.3 is 10.3 Å². The number of H-pyrrole nitrogens is 1. The van der Waals surface area contributed by atoms with Gasteiger partial charge in [-0.25, -0.2) is 9.37 Å². The Morgan fingerprint density at radius 3 is 2.95 bits per heavy atom. The van der Waals surface area contributed by atoms with E-state index in [9.17, 15) is 14.5 Å². The van der Waals surface area contributed by atoms with Crippen molar-refractivity contribution >= 4 is 23.0 Å². The summed E-state index contributed by atoms with van der Waals surface area (Å²) in [6.45, 7) is 0.461. The number of imidazole rings is 1. The van der Waals surface area contributed by atoms with Gasteiger partial charge in [-0.3, -0.25) is 10.1 Å². The molecule has 8 heteroatoms. The minimum Gasteiger partial charge on any atom is -0.379 e. The normalized spacial score (nSPS) is 10.5. The van der Waals surface area contributed by atoms with Crippen molar-refractivity contribution in [3.8, 4) is 0 Å². The molecule has 0 aliphatic rings. The average Bonchev–Trinajstić information content (AvgIpc) is 2.91. The maximum Gasteiger partial charge on any atom is 0.294 e. The molecule has 2 rings (SSSR count). The van der Waals surface area contributed by atoms with Crippen molar-refractivity contribution in [3.63, 3.8) is 0 Å². The lowest BCUT2D eigenvalue weighted by molar-refractivity contribution is -0.384. The molecule has 1 aromatic carbocycles. The molecule has 1 aromatic heterocycles. The molecule has 1 heterocycles. The summed E-state index contributed by atoms with van der Waals surface area (Å²) in [6, 6.07) is 2.04. The number of rotatable bonds is 6. The van der Waals surface area contributed by atoms with Crippen LogP contribution < -0.4 is 5.32 Å². The number of nitrogens with zero attached hydrogens (tertiary/aromatic N) is 2. The Hall–Kier alpha value is -2.15. The Morgan fingerprint density at radius 2 is 2.30 bits per heavy atom. The van der Waals surface area contributed by atoms with E-state index < -0.39 is 10.7 Å². The fourth-order valence-corrected chi connectivity index (χ4v) is 1.90. The van der Waals surface area contributed by atoms with Gasteiger partial charge >= 0.3 is 0 Å². The third kappa shape index (κ3) is 3.45. The van der Waals surface area contributed by atoms with Crippen LogP contribution in [0.1, 0.15) is 12.2 Å². The smallest absolute Gasteiger partial charge is 0.294 e. The van der Waals surface area contributed by atoms with Crippen molar-refractivity contribution in [3.05, 3.63) is 51.3 Å². The first-order valence-corrected chi connectivity index (χ1v) is 6.31. The van der Waals surface area contributed by atoms with Gasteiger partial charge in [-0.2, -0.15) is 0 Å². The molecule has 0 saturated carbocycles. The van der Waals surface area contributed by atoms with Crippen LogP contribution in [0.25, 0.3) is 0 Å². The maximum atomic E-state index is 13.3. The average molecular weight is 299 g/mol. The predicted molar refractivity (Wildman–Crippen MR) is 73.5 cm³/mol. The zero-order valence-electron chi connectivity index (χ0n) is 10.4. The minimum absolute atomic E-state index is 0.122. The van der Waals surface area contributed by atoms with E-state index in [0.29, 0.717) is 19.4 Å². The van der Waals surface area contributed by atoms with Crippen LogP contribution in [-0.2, 0) is 6.42 Å². The summed E-state index contributed by atoms with van der Waals surface area (Å²) in [5.41, 5.74) is -0.120. The fourth-order valence-electron chi connectivity index (χ4n) is 1.74.